The molecule has 0 fully saturated rings. The van der Waals surface area contributed by atoms with Crippen molar-refractivity contribution in [2.75, 3.05) is 6.54 Å². The second-order valence-electron chi connectivity index (χ2n) is 3.26. The molecule has 0 aromatic heterocycles. The van der Waals surface area contributed by atoms with Crippen molar-refractivity contribution in [2.24, 2.45) is 5.73 Å². The fourth-order valence-electron chi connectivity index (χ4n) is 1.28. The van der Waals surface area contributed by atoms with E-state index in [1.807, 2.05) is 0 Å². The quantitative estimate of drug-likeness (QED) is 0.695. The van der Waals surface area contributed by atoms with Gasteiger partial charge < -0.3 is 15.9 Å². The van der Waals surface area contributed by atoms with Gasteiger partial charge in [0.15, 0.2) is 0 Å². The lowest BCUT2D eigenvalue weighted by Gasteiger charge is -2.17. The monoisotopic (exact) mass is 217 g/mol. The molecule has 0 heterocycles. The molecule has 15 heavy (non-hydrogen) atoms. The van der Waals surface area contributed by atoms with Gasteiger partial charge in [-0.25, -0.2) is 8.78 Å². The van der Waals surface area contributed by atoms with Crippen LogP contribution in [0.1, 0.15) is 18.1 Å². The highest BCUT2D eigenvalue weighted by molar-refractivity contribution is 5.21. The SMILES string of the molecule is NCCC(O)C(O)c1cc(F)ccc1F. The van der Waals surface area contributed by atoms with Gasteiger partial charge >= 0.3 is 0 Å². The Bertz CT molecular complexity index is 333. The van der Waals surface area contributed by atoms with Crippen molar-refractivity contribution in [1.82, 2.24) is 0 Å². The highest BCUT2D eigenvalue weighted by atomic mass is 19.1. The van der Waals surface area contributed by atoms with Crippen LogP contribution in [0.5, 0.6) is 0 Å². The molecule has 0 aliphatic carbocycles. The largest absolute Gasteiger partial charge is 0.390 e. The lowest BCUT2D eigenvalue weighted by Crippen LogP contribution is -2.22. The van der Waals surface area contributed by atoms with E-state index in [1.54, 1.807) is 0 Å². The number of aliphatic hydroxyl groups excluding tert-OH is 2. The first-order valence-corrected chi connectivity index (χ1v) is 4.57. The van der Waals surface area contributed by atoms with Crippen LogP contribution in [0, 0.1) is 11.6 Å². The van der Waals surface area contributed by atoms with Crippen LogP contribution in [-0.4, -0.2) is 22.9 Å². The van der Waals surface area contributed by atoms with Crippen LogP contribution in [0.4, 0.5) is 8.78 Å². The molecule has 2 unspecified atom stereocenters. The lowest BCUT2D eigenvalue weighted by atomic mass is 10.0. The van der Waals surface area contributed by atoms with Gasteiger partial charge in [0.1, 0.15) is 17.7 Å². The first-order valence-electron chi connectivity index (χ1n) is 4.57. The molecule has 0 saturated heterocycles. The van der Waals surface area contributed by atoms with Crippen molar-refractivity contribution in [2.45, 2.75) is 18.6 Å². The maximum absolute atomic E-state index is 13.2. The standard InChI is InChI=1S/C10H13F2NO2/c11-6-1-2-8(12)7(5-6)10(15)9(14)3-4-13/h1-2,5,9-10,14-15H,3-4,13H2. The second kappa shape index (κ2) is 5.16. The number of hydrogen-bond acceptors (Lipinski definition) is 3. The van der Waals surface area contributed by atoms with E-state index >= 15 is 0 Å². The van der Waals surface area contributed by atoms with Crippen molar-refractivity contribution in [1.29, 1.82) is 0 Å². The zero-order valence-electron chi connectivity index (χ0n) is 8.03. The highest BCUT2D eigenvalue weighted by Crippen LogP contribution is 2.22. The van der Waals surface area contributed by atoms with Gasteiger partial charge in [0.05, 0.1) is 6.10 Å². The summed E-state index contributed by atoms with van der Waals surface area (Å²) in [6.07, 6.45) is -2.52. The third-order valence-electron chi connectivity index (χ3n) is 2.10. The van der Waals surface area contributed by atoms with E-state index in [2.05, 4.69) is 0 Å². The molecule has 0 amide bonds. The molecule has 0 bridgehead atoms. The molecule has 0 aliphatic rings. The normalized spacial score (nSPS) is 15.0. The molecule has 5 heteroatoms. The average molecular weight is 217 g/mol. The molecule has 1 rings (SSSR count). The summed E-state index contributed by atoms with van der Waals surface area (Å²) in [5.41, 5.74) is 4.92. The van der Waals surface area contributed by atoms with Crippen LogP contribution in [0.3, 0.4) is 0 Å². The molecule has 0 aliphatic heterocycles. The third-order valence-corrected chi connectivity index (χ3v) is 2.10. The summed E-state index contributed by atoms with van der Waals surface area (Å²) in [6, 6.07) is 2.71. The van der Waals surface area contributed by atoms with Crippen LogP contribution in [0.25, 0.3) is 0 Å². The van der Waals surface area contributed by atoms with Gasteiger partial charge in [-0.2, -0.15) is 0 Å². The van der Waals surface area contributed by atoms with E-state index in [1.165, 1.54) is 0 Å². The Kier molecular flexibility index (Phi) is 4.14. The molecular formula is C10H13F2NO2. The summed E-state index contributed by atoms with van der Waals surface area (Å²) in [5, 5.41) is 18.9. The number of aliphatic hydroxyl groups is 2. The van der Waals surface area contributed by atoms with Crippen LogP contribution in [0.2, 0.25) is 0 Å². The number of benzene rings is 1. The minimum Gasteiger partial charge on any atom is -0.390 e. The van der Waals surface area contributed by atoms with E-state index in [9.17, 15) is 19.0 Å². The third kappa shape index (κ3) is 2.95. The van der Waals surface area contributed by atoms with E-state index in [0.29, 0.717) is 0 Å². The first kappa shape index (κ1) is 12.0. The topological polar surface area (TPSA) is 66.5 Å². The molecule has 1 aromatic rings. The molecule has 0 radical (unpaired) electrons. The van der Waals surface area contributed by atoms with Crippen molar-refractivity contribution in [3.05, 3.63) is 35.4 Å². The summed E-state index contributed by atoms with van der Waals surface area (Å²) >= 11 is 0. The van der Waals surface area contributed by atoms with E-state index < -0.39 is 23.8 Å². The van der Waals surface area contributed by atoms with Gasteiger partial charge in [-0.3, -0.25) is 0 Å². The maximum atomic E-state index is 13.2. The predicted octanol–water partition coefficient (Wildman–Crippen LogP) is 0.708. The van der Waals surface area contributed by atoms with Gasteiger partial charge in [0, 0.05) is 5.56 Å². The zero-order valence-corrected chi connectivity index (χ0v) is 8.03. The number of nitrogens with two attached hydrogens (primary N) is 1. The van der Waals surface area contributed by atoms with E-state index in [0.717, 1.165) is 18.2 Å². The smallest absolute Gasteiger partial charge is 0.129 e. The molecule has 4 N–H and O–H groups in total. The Labute approximate surface area is 86.2 Å². The van der Waals surface area contributed by atoms with Crippen LogP contribution >= 0.6 is 0 Å². The van der Waals surface area contributed by atoms with Crippen molar-refractivity contribution in [3.8, 4) is 0 Å². The summed E-state index contributed by atoms with van der Waals surface area (Å²) in [7, 11) is 0. The molecule has 0 saturated carbocycles. The maximum Gasteiger partial charge on any atom is 0.129 e. The zero-order chi connectivity index (χ0) is 11.4. The minimum atomic E-state index is -1.45. The van der Waals surface area contributed by atoms with Gasteiger partial charge in [-0.1, -0.05) is 0 Å². The number of hydrogen-bond donors (Lipinski definition) is 3. The fraction of sp³-hybridized carbons (Fsp3) is 0.400. The molecule has 1 aromatic carbocycles. The van der Waals surface area contributed by atoms with Crippen molar-refractivity contribution >= 4 is 0 Å². The van der Waals surface area contributed by atoms with Crippen molar-refractivity contribution in [3.63, 3.8) is 0 Å². The lowest BCUT2D eigenvalue weighted by molar-refractivity contribution is 0.0128. The Balaban J connectivity index is 2.89. The molecule has 0 spiro atoms. The van der Waals surface area contributed by atoms with Gasteiger partial charge in [0.25, 0.3) is 0 Å². The second-order valence-corrected chi connectivity index (χ2v) is 3.26. The van der Waals surface area contributed by atoms with Gasteiger partial charge in [0.2, 0.25) is 0 Å². The van der Waals surface area contributed by atoms with Gasteiger partial charge in [-0.05, 0) is 31.2 Å². The summed E-state index contributed by atoms with van der Waals surface area (Å²) < 4.78 is 25.9. The van der Waals surface area contributed by atoms with Crippen LogP contribution < -0.4 is 5.73 Å². The first-order chi connectivity index (χ1) is 7.06. The summed E-state index contributed by atoms with van der Waals surface area (Å²) in [5.74, 6) is -1.41. The highest BCUT2D eigenvalue weighted by Gasteiger charge is 2.21. The Morgan fingerprint density at radius 3 is 2.53 bits per heavy atom. The Morgan fingerprint density at radius 1 is 1.27 bits per heavy atom. The van der Waals surface area contributed by atoms with Gasteiger partial charge in [-0.15, -0.1) is 0 Å². The molecule has 2 atom stereocenters. The molecular weight excluding hydrogens is 204 g/mol. The van der Waals surface area contributed by atoms with E-state index in [-0.39, 0.29) is 18.5 Å². The Hall–Kier alpha value is -1.04. The van der Waals surface area contributed by atoms with E-state index in [4.69, 9.17) is 5.73 Å². The van der Waals surface area contributed by atoms with Crippen LogP contribution in [0.15, 0.2) is 18.2 Å². The molecule has 3 nitrogen and oxygen atoms in total. The number of halogens is 2. The average Bonchev–Trinajstić information content (AvgIpc) is 2.21. The fourth-order valence-corrected chi connectivity index (χ4v) is 1.28. The molecule has 84 valence electrons. The minimum absolute atomic E-state index is 0.122. The number of rotatable bonds is 4. The Morgan fingerprint density at radius 2 is 1.93 bits per heavy atom. The predicted molar refractivity (Wildman–Crippen MR) is 51.0 cm³/mol. The van der Waals surface area contributed by atoms with Crippen LogP contribution in [-0.2, 0) is 0 Å². The summed E-state index contributed by atoms with van der Waals surface area (Å²) in [6.45, 7) is 0.162. The summed E-state index contributed by atoms with van der Waals surface area (Å²) in [4.78, 5) is 0. The van der Waals surface area contributed by atoms with Crippen molar-refractivity contribution < 1.29 is 19.0 Å².